The van der Waals surface area contributed by atoms with Crippen LogP contribution in [-0.4, -0.2) is 96.4 Å². The number of anilines is 2. The molecule has 0 aliphatic carbocycles. The Kier molecular flexibility index (Phi) is 7.64. The van der Waals surface area contributed by atoms with Crippen LogP contribution in [0, 0.1) is 11.8 Å². The van der Waals surface area contributed by atoms with Gasteiger partial charge in [-0.3, -0.25) is 4.79 Å². The standard InChI is InChI=1S/C23H36N6O4/c1-16(2)19-15-33-21(14-30)29(19)20-4-7-24-22(26-20)25-17(3)18-5-8-27(9-6-18)23(31)28-10-12-32-13-11-28/h4,7,14,16-19,21H,5-6,8-13,15H2,1-3H3,(H,24,25,26)/t17-,19?,21?/m0/s1. The molecule has 1 N–H and O–H groups in total. The molecule has 0 saturated carbocycles. The Bertz CT molecular complexity index is 810. The van der Waals surface area contributed by atoms with Crippen LogP contribution in [0.2, 0.25) is 0 Å². The van der Waals surface area contributed by atoms with E-state index >= 15 is 0 Å². The summed E-state index contributed by atoms with van der Waals surface area (Å²) in [6, 6.07) is 2.21. The minimum Gasteiger partial charge on any atom is -0.378 e. The first-order valence-corrected chi connectivity index (χ1v) is 12.0. The van der Waals surface area contributed by atoms with Crippen LogP contribution in [0.5, 0.6) is 0 Å². The Morgan fingerprint density at radius 2 is 1.85 bits per heavy atom. The third-order valence-electron chi connectivity index (χ3n) is 7.02. The Balaban J connectivity index is 1.34. The summed E-state index contributed by atoms with van der Waals surface area (Å²) in [5.74, 6) is 1.99. The highest BCUT2D eigenvalue weighted by Crippen LogP contribution is 2.29. The van der Waals surface area contributed by atoms with Crippen molar-refractivity contribution in [3.8, 4) is 0 Å². The normalized spacial score (nSPS) is 25.4. The van der Waals surface area contributed by atoms with Crippen molar-refractivity contribution >= 4 is 24.1 Å². The van der Waals surface area contributed by atoms with Gasteiger partial charge in [0.2, 0.25) is 5.95 Å². The van der Waals surface area contributed by atoms with Crippen molar-refractivity contribution < 1.29 is 19.1 Å². The highest BCUT2D eigenvalue weighted by molar-refractivity contribution is 5.74. The van der Waals surface area contributed by atoms with Crippen LogP contribution < -0.4 is 10.2 Å². The molecule has 3 aliphatic rings. The fourth-order valence-corrected chi connectivity index (χ4v) is 4.89. The number of morpholine rings is 1. The number of aldehydes is 1. The lowest BCUT2D eigenvalue weighted by molar-refractivity contribution is -0.115. The topological polar surface area (TPSA) is 100 Å². The van der Waals surface area contributed by atoms with Gasteiger partial charge in [-0.1, -0.05) is 13.8 Å². The average Bonchev–Trinajstić information content (AvgIpc) is 3.29. The predicted molar refractivity (Wildman–Crippen MR) is 124 cm³/mol. The van der Waals surface area contributed by atoms with E-state index in [2.05, 4.69) is 31.1 Å². The second-order valence-corrected chi connectivity index (χ2v) is 9.46. The van der Waals surface area contributed by atoms with Crippen LogP contribution in [0.15, 0.2) is 12.3 Å². The molecule has 4 heterocycles. The predicted octanol–water partition coefficient (Wildman–Crippen LogP) is 1.83. The van der Waals surface area contributed by atoms with Crippen molar-refractivity contribution in [1.29, 1.82) is 0 Å². The number of aromatic nitrogens is 2. The van der Waals surface area contributed by atoms with Crippen molar-refractivity contribution in [3.05, 3.63) is 12.3 Å². The van der Waals surface area contributed by atoms with E-state index in [1.807, 2.05) is 20.8 Å². The lowest BCUT2D eigenvalue weighted by Crippen LogP contribution is -2.51. The summed E-state index contributed by atoms with van der Waals surface area (Å²) >= 11 is 0. The maximum Gasteiger partial charge on any atom is 0.320 e. The Morgan fingerprint density at radius 3 is 2.52 bits per heavy atom. The van der Waals surface area contributed by atoms with Gasteiger partial charge >= 0.3 is 6.03 Å². The van der Waals surface area contributed by atoms with E-state index in [0.29, 0.717) is 56.5 Å². The molecule has 10 heteroatoms. The largest absolute Gasteiger partial charge is 0.378 e. The molecule has 0 radical (unpaired) electrons. The molecule has 3 fully saturated rings. The van der Waals surface area contributed by atoms with Crippen LogP contribution >= 0.6 is 0 Å². The van der Waals surface area contributed by atoms with Crippen molar-refractivity contribution in [1.82, 2.24) is 19.8 Å². The zero-order valence-corrected chi connectivity index (χ0v) is 19.9. The van der Waals surface area contributed by atoms with Crippen molar-refractivity contribution in [2.75, 3.05) is 56.2 Å². The number of piperidine rings is 1. The van der Waals surface area contributed by atoms with Crippen LogP contribution in [0.25, 0.3) is 0 Å². The number of likely N-dealkylation sites (tertiary alicyclic amines) is 1. The van der Waals surface area contributed by atoms with Crippen LogP contribution in [0.3, 0.4) is 0 Å². The van der Waals surface area contributed by atoms with Gasteiger partial charge < -0.3 is 29.5 Å². The van der Waals surface area contributed by atoms with Crippen LogP contribution in [0.1, 0.15) is 33.6 Å². The first kappa shape index (κ1) is 23.7. The molecule has 0 aromatic carbocycles. The van der Waals surface area contributed by atoms with Gasteiger partial charge in [0.1, 0.15) is 5.82 Å². The van der Waals surface area contributed by atoms with Crippen LogP contribution in [0.4, 0.5) is 16.6 Å². The molecule has 1 aromatic rings. The number of urea groups is 1. The number of hydrogen-bond donors (Lipinski definition) is 1. The fourth-order valence-electron chi connectivity index (χ4n) is 4.89. The maximum atomic E-state index is 12.7. The molecule has 10 nitrogen and oxygen atoms in total. The number of amides is 2. The molecule has 0 bridgehead atoms. The molecule has 2 amide bonds. The summed E-state index contributed by atoms with van der Waals surface area (Å²) in [5.41, 5.74) is 0. The number of hydrogen-bond acceptors (Lipinski definition) is 8. The SMILES string of the molecule is CC(C)C1COC(C=O)N1c1ccnc(N[C@@H](C)C2CCN(C(=O)N3CCOCC3)CC2)n1. The maximum absolute atomic E-state index is 12.7. The van der Waals surface area contributed by atoms with E-state index in [-0.39, 0.29) is 18.1 Å². The Hall–Kier alpha value is -2.46. The minimum absolute atomic E-state index is 0.0914. The second-order valence-electron chi connectivity index (χ2n) is 9.46. The van der Waals surface area contributed by atoms with E-state index in [0.717, 1.165) is 32.2 Å². The Labute approximate surface area is 195 Å². The molecule has 4 rings (SSSR count). The first-order chi connectivity index (χ1) is 16.0. The smallest absolute Gasteiger partial charge is 0.320 e. The summed E-state index contributed by atoms with van der Waals surface area (Å²) in [5, 5.41) is 3.45. The monoisotopic (exact) mass is 460 g/mol. The van der Waals surface area contributed by atoms with E-state index in [4.69, 9.17) is 14.5 Å². The summed E-state index contributed by atoms with van der Waals surface area (Å²) in [4.78, 5) is 39.2. The third-order valence-corrected chi connectivity index (χ3v) is 7.02. The summed E-state index contributed by atoms with van der Waals surface area (Å²) in [7, 11) is 0. The van der Waals surface area contributed by atoms with Gasteiger partial charge in [0.15, 0.2) is 12.5 Å². The first-order valence-electron chi connectivity index (χ1n) is 12.0. The van der Waals surface area contributed by atoms with E-state index < -0.39 is 6.23 Å². The molecule has 3 saturated heterocycles. The van der Waals surface area contributed by atoms with Gasteiger partial charge in [-0.25, -0.2) is 9.78 Å². The minimum atomic E-state index is -0.620. The molecule has 3 aliphatic heterocycles. The van der Waals surface area contributed by atoms with Crippen molar-refractivity contribution in [2.24, 2.45) is 11.8 Å². The lowest BCUT2D eigenvalue weighted by Gasteiger charge is -2.38. The molecule has 3 atom stereocenters. The molecule has 2 unspecified atom stereocenters. The number of nitrogens with zero attached hydrogens (tertiary/aromatic N) is 5. The second kappa shape index (κ2) is 10.6. The van der Waals surface area contributed by atoms with E-state index in [9.17, 15) is 9.59 Å². The van der Waals surface area contributed by atoms with Gasteiger partial charge in [-0.05, 0) is 37.7 Å². The summed E-state index contributed by atoms with van der Waals surface area (Å²) in [6.07, 6.45) is 3.80. The van der Waals surface area contributed by atoms with Gasteiger partial charge in [-0.15, -0.1) is 0 Å². The van der Waals surface area contributed by atoms with Gasteiger partial charge in [0.25, 0.3) is 0 Å². The molecular formula is C23H36N6O4. The quantitative estimate of drug-likeness (QED) is 0.642. The Morgan fingerprint density at radius 1 is 1.15 bits per heavy atom. The van der Waals surface area contributed by atoms with Gasteiger partial charge in [0.05, 0.1) is 25.9 Å². The van der Waals surface area contributed by atoms with Gasteiger partial charge in [0, 0.05) is 38.4 Å². The zero-order valence-electron chi connectivity index (χ0n) is 19.9. The third kappa shape index (κ3) is 5.38. The summed E-state index contributed by atoms with van der Waals surface area (Å²) < 4.78 is 11.0. The number of nitrogens with one attached hydrogen (secondary N) is 1. The molecule has 1 aromatic heterocycles. The number of rotatable bonds is 6. The lowest BCUT2D eigenvalue weighted by atomic mass is 9.90. The summed E-state index contributed by atoms with van der Waals surface area (Å²) in [6.45, 7) is 11.0. The number of carbonyl (C=O) groups is 2. The van der Waals surface area contributed by atoms with E-state index in [1.54, 1.807) is 6.20 Å². The molecule has 33 heavy (non-hydrogen) atoms. The number of carbonyl (C=O) groups excluding carboxylic acids is 2. The highest BCUT2D eigenvalue weighted by atomic mass is 16.5. The number of ether oxygens (including phenoxy) is 2. The molecular weight excluding hydrogens is 424 g/mol. The zero-order chi connectivity index (χ0) is 23.4. The van der Waals surface area contributed by atoms with Gasteiger partial charge in [-0.2, -0.15) is 4.98 Å². The fraction of sp³-hybridized carbons (Fsp3) is 0.739. The van der Waals surface area contributed by atoms with Crippen molar-refractivity contribution in [2.45, 2.75) is 51.9 Å². The van der Waals surface area contributed by atoms with Crippen molar-refractivity contribution in [3.63, 3.8) is 0 Å². The highest BCUT2D eigenvalue weighted by Gasteiger charge is 2.37. The molecule has 0 spiro atoms. The molecule has 182 valence electrons. The van der Waals surface area contributed by atoms with E-state index in [1.165, 1.54) is 0 Å². The van der Waals surface area contributed by atoms with Crippen LogP contribution in [-0.2, 0) is 14.3 Å². The average molecular weight is 461 g/mol.